The van der Waals surface area contributed by atoms with Crippen LogP contribution >= 0.6 is 0 Å². The van der Waals surface area contributed by atoms with Gasteiger partial charge in [-0.2, -0.15) is 4.98 Å². The van der Waals surface area contributed by atoms with Crippen LogP contribution in [-0.2, 0) is 5.60 Å². The molecule has 2 aliphatic rings. The summed E-state index contributed by atoms with van der Waals surface area (Å²) in [5, 5.41) is 11.3. The number of benzene rings is 1. The van der Waals surface area contributed by atoms with Crippen molar-refractivity contribution >= 4 is 5.95 Å². The quantitative estimate of drug-likeness (QED) is 0.927. The molecule has 1 aromatic heterocycles. The Bertz CT molecular complexity index is 736. The van der Waals surface area contributed by atoms with E-state index in [9.17, 15) is 5.11 Å². The van der Waals surface area contributed by atoms with Gasteiger partial charge in [0.15, 0.2) is 0 Å². The first-order valence-corrected chi connectivity index (χ1v) is 9.14. The molecule has 0 amide bonds. The van der Waals surface area contributed by atoms with E-state index in [-0.39, 0.29) is 12.1 Å². The van der Waals surface area contributed by atoms with Crippen molar-refractivity contribution in [2.24, 2.45) is 0 Å². The van der Waals surface area contributed by atoms with Crippen LogP contribution in [0.3, 0.4) is 0 Å². The van der Waals surface area contributed by atoms with E-state index >= 15 is 0 Å². The number of aliphatic hydroxyl groups is 1. The van der Waals surface area contributed by atoms with Crippen LogP contribution in [0.2, 0.25) is 0 Å². The molecule has 1 aromatic carbocycles. The molecule has 0 radical (unpaired) electrons. The van der Waals surface area contributed by atoms with Crippen LogP contribution in [0.1, 0.15) is 43.9 Å². The first kappa shape index (κ1) is 16.3. The zero-order valence-electron chi connectivity index (χ0n) is 14.9. The maximum atomic E-state index is 11.3. The predicted molar refractivity (Wildman–Crippen MR) is 96.8 cm³/mol. The topological polar surface area (TPSA) is 58.5 Å². The highest BCUT2D eigenvalue weighted by atomic mass is 16.5. The largest absolute Gasteiger partial charge is 0.478 e. The van der Waals surface area contributed by atoms with Gasteiger partial charge in [-0.3, -0.25) is 0 Å². The van der Waals surface area contributed by atoms with Crippen LogP contribution in [0, 0.1) is 6.92 Å². The molecule has 2 atom stereocenters. The van der Waals surface area contributed by atoms with E-state index in [1.807, 2.05) is 50.2 Å². The Morgan fingerprint density at radius 2 is 1.84 bits per heavy atom. The summed E-state index contributed by atoms with van der Waals surface area (Å²) in [6, 6.07) is 12.5. The van der Waals surface area contributed by atoms with E-state index in [0.717, 1.165) is 42.9 Å². The first-order valence-electron chi connectivity index (χ1n) is 9.14. The van der Waals surface area contributed by atoms with Gasteiger partial charge in [-0.15, -0.1) is 0 Å². The highest BCUT2D eigenvalue weighted by Crippen LogP contribution is 2.46. The van der Waals surface area contributed by atoms with Crippen molar-refractivity contribution in [1.82, 2.24) is 9.97 Å². The molecule has 5 nitrogen and oxygen atoms in total. The Labute approximate surface area is 148 Å². The lowest BCUT2D eigenvalue weighted by Crippen LogP contribution is -2.50. The minimum absolute atomic E-state index is 0.264. The number of anilines is 1. The Morgan fingerprint density at radius 3 is 2.48 bits per heavy atom. The summed E-state index contributed by atoms with van der Waals surface area (Å²) in [6.07, 6.45) is 3.58. The van der Waals surface area contributed by atoms with E-state index in [0.29, 0.717) is 12.5 Å². The van der Waals surface area contributed by atoms with Crippen LogP contribution in [0.4, 0.5) is 5.95 Å². The average Bonchev–Trinajstić information content (AvgIpc) is 2.88. The molecule has 0 aliphatic carbocycles. The third-order valence-electron chi connectivity index (χ3n) is 5.42. The van der Waals surface area contributed by atoms with Gasteiger partial charge < -0.3 is 14.7 Å². The summed E-state index contributed by atoms with van der Waals surface area (Å²) in [6.45, 7) is 4.53. The minimum atomic E-state index is -0.754. The second-order valence-corrected chi connectivity index (χ2v) is 7.18. The van der Waals surface area contributed by atoms with Crippen LogP contribution in [0.5, 0.6) is 5.88 Å². The summed E-state index contributed by atoms with van der Waals surface area (Å²) in [7, 11) is 0. The van der Waals surface area contributed by atoms with Gasteiger partial charge in [0.05, 0.1) is 12.2 Å². The second kappa shape index (κ2) is 6.30. The highest BCUT2D eigenvalue weighted by Gasteiger charge is 2.49. The van der Waals surface area contributed by atoms with Crippen molar-refractivity contribution in [2.75, 3.05) is 11.5 Å². The third-order valence-corrected chi connectivity index (χ3v) is 5.42. The van der Waals surface area contributed by atoms with E-state index in [1.165, 1.54) is 0 Å². The molecule has 25 heavy (non-hydrogen) atoms. The van der Waals surface area contributed by atoms with Gasteiger partial charge in [-0.25, -0.2) is 4.98 Å². The fourth-order valence-electron chi connectivity index (χ4n) is 4.40. The molecular weight excluding hydrogens is 314 g/mol. The molecule has 2 aromatic rings. The van der Waals surface area contributed by atoms with Gasteiger partial charge in [0, 0.05) is 36.7 Å². The van der Waals surface area contributed by atoms with Crippen LogP contribution in [0.25, 0.3) is 0 Å². The Balaban J connectivity index is 1.63. The van der Waals surface area contributed by atoms with Gasteiger partial charge >= 0.3 is 0 Å². The minimum Gasteiger partial charge on any atom is -0.478 e. The monoisotopic (exact) mass is 339 g/mol. The van der Waals surface area contributed by atoms with Crippen molar-refractivity contribution in [3.8, 4) is 5.88 Å². The molecule has 2 bridgehead atoms. The number of hydrogen-bond donors (Lipinski definition) is 1. The highest BCUT2D eigenvalue weighted by molar-refractivity contribution is 5.42. The number of aryl methyl sites for hydroxylation is 1. The van der Waals surface area contributed by atoms with Crippen LogP contribution in [0.15, 0.2) is 36.4 Å². The molecule has 2 saturated heterocycles. The second-order valence-electron chi connectivity index (χ2n) is 7.18. The van der Waals surface area contributed by atoms with Crippen molar-refractivity contribution in [2.45, 2.75) is 57.2 Å². The lowest BCUT2D eigenvalue weighted by Gasteiger charge is -2.44. The number of aromatic nitrogens is 2. The maximum absolute atomic E-state index is 11.3. The number of ether oxygens (including phenoxy) is 1. The van der Waals surface area contributed by atoms with E-state index < -0.39 is 5.60 Å². The number of fused-ring (bicyclic) bond motifs is 2. The summed E-state index contributed by atoms with van der Waals surface area (Å²) in [5.74, 6) is 1.37. The van der Waals surface area contributed by atoms with Crippen molar-refractivity contribution < 1.29 is 9.84 Å². The maximum Gasteiger partial charge on any atom is 0.229 e. The molecule has 0 saturated carbocycles. The van der Waals surface area contributed by atoms with Gasteiger partial charge in [0.1, 0.15) is 0 Å². The predicted octanol–water partition coefficient (Wildman–Crippen LogP) is 3.20. The average molecular weight is 339 g/mol. The Hall–Kier alpha value is -2.14. The number of nitrogens with zero attached hydrogens (tertiary/aromatic N) is 3. The molecule has 2 aliphatic heterocycles. The Kier molecular flexibility index (Phi) is 4.12. The van der Waals surface area contributed by atoms with Gasteiger partial charge in [-0.05, 0) is 32.3 Å². The molecular formula is C20H25N3O2. The summed E-state index contributed by atoms with van der Waals surface area (Å²) in [5.41, 5.74) is 1.18. The lowest BCUT2D eigenvalue weighted by atomic mass is 9.80. The van der Waals surface area contributed by atoms with E-state index in [4.69, 9.17) is 4.74 Å². The molecule has 132 valence electrons. The number of piperidine rings is 1. The number of rotatable bonds is 4. The molecule has 2 unspecified atom stereocenters. The number of hydrogen-bond acceptors (Lipinski definition) is 5. The van der Waals surface area contributed by atoms with Crippen molar-refractivity contribution in [3.63, 3.8) is 0 Å². The molecule has 4 rings (SSSR count). The van der Waals surface area contributed by atoms with Gasteiger partial charge in [-0.1, -0.05) is 30.3 Å². The fraction of sp³-hybridized carbons (Fsp3) is 0.500. The SMILES string of the molecule is CCOc1cc(C)nc(N2C3CCC2CC(O)(c2ccccc2)C3)n1. The van der Waals surface area contributed by atoms with Gasteiger partial charge in [0.2, 0.25) is 11.8 Å². The third kappa shape index (κ3) is 2.97. The summed E-state index contributed by atoms with van der Waals surface area (Å²) < 4.78 is 5.59. The van der Waals surface area contributed by atoms with Crippen molar-refractivity contribution in [1.29, 1.82) is 0 Å². The van der Waals surface area contributed by atoms with Crippen LogP contribution < -0.4 is 9.64 Å². The molecule has 1 N–H and O–H groups in total. The summed E-state index contributed by atoms with van der Waals surface area (Å²) >= 11 is 0. The zero-order chi connectivity index (χ0) is 17.4. The Morgan fingerprint density at radius 1 is 1.16 bits per heavy atom. The normalized spacial score (nSPS) is 28.2. The molecule has 5 heteroatoms. The van der Waals surface area contributed by atoms with E-state index in [1.54, 1.807) is 0 Å². The molecule has 0 spiro atoms. The lowest BCUT2D eigenvalue weighted by molar-refractivity contribution is -0.00338. The molecule has 2 fully saturated rings. The van der Waals surface area contributed by atoms with Crippen molar-refractivity contribution in [3.05, 3.63) is 47.7 Å². The molecule has 3 heterocycles. The van der Waals surface area contributed by atoms with Crippen LogP contribution in [-0.4, -0.2) is 33.8 Å². The standard InChI is InChI=1S/C20H25N3O2/c1-3-25-18-11-14(2)21-19(22-18)23-16-9-10-17(23)13-20(24,12-16)15-7-5-4-6-8-15/h4-8,11,16-17,24H,3,9-10,12-13H2,1-2H3. The van der Waals surface area contributed by atoms with Gasteiger partial charge in [0.25, 0.3) is 0 Å². The summed E-state index contributed by atoms with van der Waals surface area (Å²) in [4.78, 5) is 11.6. The first-order chi connectivity index (χ1) is 12.1. The fourth-order valence-corrected chi connectivity index (χ4v) is 4.40. The smallest absolute Gasteiger partial charge is 0.229 e. The van der Waals surface area contributed by atoms with E-state index in [2.05, 4.69) is 14.9 Å². The zero-order valence-corrected chi connectivity index (χ0v) is 14.9.